The molecule has 1 N–H and O–H groups in total. The molecule has 17 heavy (non-hydrogen) atoms. The lowest BCUT2D eigenvalue weighted by atomic mass is 9.84. The molecule has 1 aromatic carbocycles. The molecule has 1 saturated heterocycles. The van der Waals surface area contributed by atoms with Crippen molar-refractivity contribution < 1.29 is 4.79 Å². The fourth-order valence-corrected chi connectivity index (χ4v) is 2.85. The molecule has 0 aromatic heterocycles. The van der Waals surface area contributed by atoms with Gasteiger partial charge >= 0.3 is 0 Å². The molecular formula is C14H18BrNO. The normalized spacial score (nSPS) is 23.9. The lowest BCUT2D eigenvalue weighted by Crippen LogP contribution is -2.49. The van der Waals surface area contributed by atoms with Crippen LogP contribution in [-0.2, 0) is 11.2 Å². The zero-order chi connectivity index (χ0) is 12.3. The van der Waals surface area contributed by atoms with Gasteiger partial charge in [0.25, 0.3) is 0 Å². The molecule has 0 spiro atoms. The van der Waals surface area contributed by atoms with Crippen LogP contribution in [0.1, 0.15) is 31.7 Å². The minimum absolute atomic E-state index is 0.303. The lowest BCUT2D eigenvalue weighted by Gasteiger charge is -2.27. The highest BCUT2D eigenvalue weighted by molar-refractivity contribution is 9.10. The van der Waals surface area contributed by atoms with E-state index in [1.165, 1.54) is 5.56 Å². The second kappa shape index (κ2) is 5.32. The maximum absolute atomic E-state index is 12.1. The van der Waals surface area contributed by atoms with Crippen LogP contribution in [0.3, 0.4) is 0 Å². The van der Waals surface area contributed by atoms with E-state index in [0.717, 1.165) is 30.3 Å². The van der Waals surface area contributed by atoms with Crippen LogP contribution in [0, 0.1) is 0 Å². The second-order valence-electron chi connectivity index (χ2n) is 4.69. The van der Waals surface area contributed by atoms with Crippen molar-refractivity contribution in [2.45, 2.75) is 38.1 Å². The monoisotopic (exact) mass is 295 g/mol. The molecule has 1 aliphatic heterocycles. The molecule has 0 radical (unpaired) electrons. The molecule has 92 valence electrons. The van der Waals surface area contributed by atoms with E-state index in [9.17, 15) is 4.79 Å². The van der Waals surface area contributed by atoms with Gasteiger partial charge in [-0.3, -0.25) is 4.79 Å². The Kier molecular flexibility index (Phi) is 4.00. The number of halogens is 1. The van der Waals surface area contributed by atoms with E-state index in [1.54, 1.807) is 0 Å². The van der Waals surface area contributed by atoms with Gasteiger partial charge in [0.1, 0.15) is 0 Å². The van der Waals surface area contributed by atoms with Gasteiger partial charge in [0.2, 0.25) is 0 Å². The highest BCUT2D eigenvalue weighted by Crippen LogP contribution is 2.27. The fourth-order valence-electron chi connectivity index (χ4n) is 2.58. The predicted octanol–water partition coefficient (Wildman–Crippen LogP) is 3.09. The Morgan fingerprint density at radius 2 is 2.12 bits per heavy atom. The van der Waals surface area contributed by atoms with Crippen molar-refractivity contribution in [3.63, 3.8) is 0 Å². The third-order valence-electron chi connectivity index (χ3n) is 3.52. The van der Waals surface area contributed by atoms with Crippen molar-refractivity contribution >= 4 is 21.7 Å². The predicted molar refractivity (Wildman–Crippen MR) is 73.1 cm³/mol. The summed E-state index contributed by atoms with van der Waals surface area (Å²) >= 11 is 3.43. The molecule has 3 heteroatoms. The Morgan fingerprint density at radius 1 is 1.41 bits per heavy atom. The topological polar surface area (TPSA) is 29.1 Å². The summed E-state index contributed by atoms with van der Waals surface area (Å²) < 4.78 is 1.08. The summed E-state index contributed by atoms with van der Waals surface area (Å²) in [5.41, 5.74) is 0.923. The van der Waals surface area contributed by atoms with Gasteiger partial charge in [0, 0.05) is 10.9 Å². The molecule has 2 nitrogen and oxygen atoms in total. The van der Waals surface area contributed by atoms with Crippen molar-refractivity contribution in [1.82, 2.24) is 5.32 Å². The Morgan fingerprint density at radius 3 is 2.65 bits per heavy atom. The van der Waals surface area contributed by atoms with Gasteiger partial charge in [-0.05, 0) is 43.5 Å². The Hall–Kier alpha value is -0.670. The molecular weight excluding hydrogens is 278 g/mol. The summed E-state index contributed by atoms with van der Waals surface area (Å²) in [7, 11) is 0. The maximum Gasteiger partial charge on any atom is 0.152 e. The average molecular weight is 296 g/mol. The molecule has 1 fully saturated rings. The second-order valence-corrected chi connectivity index (χ2v) is 5.61. The first kappa shape index (κ1) is 12.8. The van der Waals surface area contributed by atoms with E-state index in [0.29, 0.717) is 12.2 Å². The molecule has 1 atom stereocenters. The van der Waals surface area contributed by atoms with E-state index in [1.807, 2.05) is 19.1 Å². The molecule has 0 bridgehead atoms. The molecule has 1 heterocycles. The first-order valence-corrected chi connectivity index (χ1v) is 6.98. The maximum atomic E-state index is 12.1. The summed E-state index contributed by atoms with van der Waals surface area (Å²) in [6.45, 7) is 2.91. The standard InChI is InChI=1S/C14H18BrNO/c1-2-13(17)14(8-3-9-16-14)10-11-4-6-12(15)7-5-11/h4-7,16H,2-3,8-10H2,1H3/t14-/m1/s1. The Bertz CT molecular complexity index is 393. The molecule has 0 amide bonds. The minimum atomic E-state index is -0.303. The quantitative estimate of drug-likeness (QED) is 0.925. The molecule has 0 unspecified atom stereocenters. The smallest absolute Gasteiger partial charge is 0.152 e. The van der Waals surface area contributed by atoms with Gasteiger partial charge in [0.15, 0.2) is 5.78 Å². The van der Waals surface area contributed by atoms with E-state index in [2.05, 4.69) is 33.4 Å². The molecule has 0 saturated carbocycles. The number of hydrogen-bond acceptors (Lipinski definition) is 2. The molecule has 1 aromatic rings. The largest absolute Gasteiger partial charge is 0.305 e. The van der Waals surface area contributed by atoms with Crippen LogP contribution >= 0.6 is 15.9 Å². The number of rotatable bonds is 4. The van der Waals surface area contributed by atoms with Gasteiger partial charge in [-0.2, -0.15) is 0 Å². The minimum Gasteiger partial charge on any atom is -0.305 e. The highest BCUT2D eigenvalue weighted by Gasteiger charge is 2.39. The van der Waals surface area contributed by atoms with Crippen LogP contribution in [0.15, 0.2) is 28.7 Å². The van der Waals surface area contributed by atoms with Crippen LogP contribution in [0.2, 0.25) is 0 Å². The van der Waals surface area contributed by atoms with Crippen molar-refractivity contribution in [1.29, 1.82) is 0 Å². The first-order chi connectivity index (χ1) is 8.16. The number of hydrogen-bond donors (Lipinski definition) is 1. The van der Waals surface area contributed by atoms with Crippen molar-refractivity contribution in [3.05, 3.63) is 34.3 Å². The van der Waals surface area contributed by atoms with Gasteiger partial charge in [-0.25, -0.2) is 0 Å². The average Bonchev–Trinajstić information content (AvgIpc) is 2.81. The Labute approximate surface area is 111 Å². The number of ketones is 1. The van der Waals surface area contributed by atoms with Gasteiger partial charge in [-0.1, -0.05) is 35.0 Å². The summed E-state index contributed by atoms with van der Waals surface area (Å²) in [5.74, 6) is 0.345. The third-order valence-corrected chi connectivity index (χ3v) is 4.05. The van der Waals surface area contributed by atoms with Crippen molar-refractivity contribution in [2.75, 3.05) is 6.54 Å². The lowest BCUT2D eigenvalue weighted by molar-refractivity contribution is -0.124. The number of Topliss-reactive ketones (excluding diaryl/α,β-unsaturated/α-hetero) is 1. The molecule has 1 aliphatic rings. The number of carbonyl (C=O) groups is 1. The summed E-state index contributed by atoms with van der Waals surface area (Å²) in [6.07, 6.45) is 3.49. The zero-order valence-electron chi connectivity index (χ0n) is 10.1. The third kappa shape index (κ3) is 2.78. The summed E-state index contributed by atoms with van der Waals surface area (Å²) in [4.78, 5) is 12.1. The number of carbonyl (C=O) groups excluding carboxylic acids is 1. The van der Waals surface area contributed by atoms with Crippen LogP contribution in [-0.4, -0.2) is 17.9 Å². The number of nitrogens with one attached hydrogen (secondary N) is 1. The van der Waals surface area contributed by atoms with Gasteiger partial charge < -0.3 is 5.32 Å². The molecule has 0 aliphatic carbocycles. The summed E-state index contributed by atoms with van der Waals surface area (Å²) in [6, 6.07) is 8.26. The van der Waals surface area contributed by atoms with E-state index >= 15 is 0 Å². The zero-order valence-corrected chi connectivity index (χ0v) is 11.7. The Balaban J connectivity index is 2.18. The van der Waals surface area contributed by atoms with E-state index in [4.69, 9.17) is 0 Å². The van der Waals surface area contributed by atoms with Crippen LogP contribution in [0.4, 0.5) is 0 Å². The summed E-state index contributed by atoms with van der Waals surface area (Å²) in [5, 5.41) is 3.42. The molecule has 2 rings (SSSR count). The van der Waals surface area contributed by atoms with Crippen LogP contribution in [0.25, 0.3) is 0 Å². The van der Waals surface area contributed by atoms with Crippen molar-refractivity contribution in [2.24, 2.45) is 0 Å². The van der Waals surface area contributed by atoms with Crippen LogP contribution in [0.5, 0.6) is 0 Å². The SMILES string of the molecule is CCC(=O)[C@]1(Cc2ccc(Br)cc2)CCCN1. The van der Waals surface area contributed by atoms with E-state index < -0.39 is 0 Å². The van der Waals surface area contributed by atoms with E-state index in [-0.39, 0.29) is 5.54 Å². The van der Waals surface area contributed by atoms with Crippen molar-refractivity contribution in [3.8, 4) is 0 Å². The highest BCUT2D eigenvalue weighted by atomic mass is 79.9. The van der Waals surface area contributed by atoms with Crippen LogP contribution < -0.4 is 5.32 Å². The number of benzene rings is 1. The fraction of sp³-hybridized carbons (Fsp3) is 0.500. The van der Waals surface area contributed by atoms with Gasteiger partial charge in [-0.15, -0.1) is 0 Å². The first-order valence-electron chi connectivity index (χ1n) is 6.19. The van der Waals surface area contributed by atoms with Gasteiger partial charge in [0.05, 0.1) is 5.54 Å².